The third kappa shape index (κ3) is 4.51. The van der Waals surface area contributed by atoms with Crippen LogP contribution in [0.4, 0.5) is 33.6 Å². The van der Waals surface area contributed by atoms with Crippen LogP contribution >= 0.6 is 0 Å². The third-order valence-corrected chi connectivity index (χ3v) is 5.30. The van der Waals surface area contributed by atoms with Gasteiger partial charge in [-0.3, -0.25) is 0 Å². The van der Waals surface area contributed by atoms with Gasteiger partial charge in [0.25, 0.3) is 0 Å². The number of amides is 2. The van der Waals surface area contributed by atoms with E-state index in [0.29, 0.717) is 28.8 Å². The van der Waals surface area contributed by atoms with E-state index in [2.05, 4.69) is 30.8 Å². The Morgan fingerprint density at radius 1 is 0.875 bits per heavy atom. The highest BCUT2D eigenvalue weighted by atomic mass is 16.7. The maximum Gasteiger partial charge on any atom is 0.323 e. The summed E-state index contributed by atoms with van der Waals surface area (Å²) in [4.78, 5) is 23.8. The van der Waals surface area contributed by atoms with Crippen molar-refractivity contribution in [1.82, 2.24) is 9.97 Å². The van der Waals surface area contributed by atoms with Crippen LogP contribution in [-0.4, -0.2) is 35.9 Å². The minimum absolute atomic E-state index is 0.193. The first kappa shape index (κ1) is 19.9. The van der Waals surface area contributed by atoms with Gasteiger partial charge >= 0.3 is 6.03 Å². The zero-order valence-electron chi connectivity index (χ0n) is 17.7. The quantitative estimate of drug-likeness (QED) is 0.546. The lowest BCUT2D eigenvalue weighted by Gasteiger charge is -2.17. The van der Waals surface area contributed by atoms with Crippen LogP contribution in [0, 0.1) is 6.92 Å². The maximum absolute atomic E-state index is 12.3. The van der Waals surface area contributed by atoms with Crippen molar-refractivity contribution in [2.24, 2.45) is 0 Å². The summed E-state index contributed by atoms with van der Waals surface area (Å²) < 4.78 is 10.6. The van der Waals surface area contributed by atoms with Gasteiger partial charge < -0.3 is 30.3 Å². The summed E-state index contributed by atoms with van der Waals surface area (Å²) in [5.41, 5.74) is 3.04. The first-order valence-electron chi connectivity index (χ1n) is 10.6. The summed E-state index contributed by atoms with van der Waals surface area (Å²) >= 11 is 0. The summed E-state index contributed by atoms with van der Waals surface area (Å²) in [5.74, 6) is 2.80. The smallest absolute Gasteiger partial charge is 0.323 e. The van der Waals surface area contributed by atoms with Gasteiger partial charge in [-0.25, -0.2) is 9.78 Å². The van der Waals surface area contributed by atoms with Crippen molar-refractivity contribution < 1.29 is 14.3 Å². The van der Waals surface area contributed by atoms with Crippen LogP contribution in [0.15, 0.2) is 48.5 Å². The normalized spacial score (nSPS) is 14.3. The van der Waals surface area contributed by atoms with Crippen molar-refractivity contribution in [1.29, 1.82) is 0 Å². The SMILES string of the molecule is Cc1cc(N2CCCC2)nc(Nc2ccc(NC(=O)Nc3ccc4c(c3)OCO4)cc2)n1. The molecule has 0 unspecified atom stereocenters. The number of hydrogen-bond donors (Lipinski definition) is 3. The maximum atomic E-state index is 12.3. The second-order valence-electron chi connectivity index (χ2n) is 7.73. The number of anilines is 5. The van der Waals surface area contributed by atoms with E-state index in [1.54, 1.807) is 18.2 Å². The number of aryl methyl sites for hydroxylation is 1. The Bertz CT molecular complexity index is 1130. The molecule has 0 radical (unpaired) electrons. The van der Waals surface area contributed by atoms with E-state index in [1.165, 1.54) is 12.8 Å². The number of rotatable bonds is 5. The largest absolute Gasteiger partial charge is 0.454 e. The highest BCUT2D eigenvalue weighted by Gasteiger charge is 2.16. The van der Waals surface area contributed by atoms with Gasteiger partial charge in [-0.1, -0.05) is 0 Å². The third-order valence-electron chi connectivity index (χ3n) is 5.30. The minimum atomic E-state index is -0.346. The lowest BCUT2D eigenvalue weighted by Crippen LogP contribution is -2.20. The molecule has 0 bridgehead atoms. The number of aromatic nitrogens is 2. The van der Waals surface area contributed by atoms with Gasteiger partial charge in [-0.15, -0.1) is 0 Å². The molecule has 3 heterocycles. The predicted molar refractivity (Wildman–Crippen MR) is 123 cm³/mol. The number of hydrogen-bond acceptors (Lipinski definition) is 7. The van der Waals surface area contributed by atoms with E-state index < -0.39 is 0 Å². The van der Waals surface area contributed by atoms with E-state index in [0.717, 1.165) is 30.3 Å². The van der Waals surface area contributed by atoms with Crippen LogP contribution < -0.4 is 30.3 Å². The number of ether oxygens (including phenoxy) is 2. The van der Waals surface area contributed by atoms with Crippen molar-refractivity contribution >= 4 is 34.9 Å². The van der Waals surface area contributed by atoms with Gasteiger partial charge in [0, 0.05) is 48.0 Å². The van der Waals surface area contributed by atoms with Crippen LogP contribution in [0.25, 0.3) is 0 Å². The Kier molecular flexibility index (Phi) is 5.37. The molecule has 0 atom stereocenters. The Morgan fingerprint density at radius 3 is 2.38 bits per heavy atom. The van der Waals surface area contributed by atoms with Crippen LogP contribution in [0.2, 0.25) is 0 Å². The predicted octanol–water partition coefficient (Wildman–Crippen LogP) is 4.50. The Hall–Kier alpha value is -4.01. The van der Waals surface area contributed by atoms with Gasteiger partial charge in [0.1, 0.15) is 5.82 Å². The van der Waals surface area contributed by atoms with Gasteiger partial charge in [0.2, 0.25) is 12.7 Å². The fourth-order valence-corrected chi connectivity index (χ4v) is 3.75. The highest BCUT2D eigenvalue weighted by molar-refractivity contribution is 6.00. The molecule has 2 aliphatic heterocycles. The van der Waals surface area contributed by atoms with E-state index in [9.17, 15) is 4.79 Å². The number of urea groups is 1. The van der Waals surface area contributed by atoms with Crippen molar-refractivity contribution in [3.63, 3.8) is 0 Å². The number of fused-ring (bicyclic) bond motifs is 1. The molecule has 0 saturated carbocycles. The van der Waals surface area contributed by atoms with E-state index in [-0.39, 0.29) is 12.8 Å². The molecule has 1 saturated heterocycles. The molecule has 164 valence electrons. The van der Waals surface area contributed by atoms with Crippen molar-refractivity contribution in [2.45, 2.75) is 19.8 Å². The average Bonchev–Trinajstić information content (AvgIpc) is 3.46. The molecule has 9 heteroatoms. The van der Waals surface area contributed by atoms with Crippen molar-refractivity contribution in [3.8, 4) is 11.5 Å². The molecule has 1 aromatic heterocycles. The van der Waals surface area contributed by atoms with Gasteiger partial charge in [-0.05, 0) is 56.2 Å². The van der Waals surface area contributed by atoms with E-state index in [1.807, 2.05) is 37.3 Å². The molecule has 3 aromatic rings. The first-order valence-corrected chi connectivity index (χ1v) is 10.6. The molecule has 32 heavy (non-hydrogen) atoms. The van der Waals surface area contributed by atoms with Crippen molar-refractivity contribution in [3.05, 3.63) is 54.2 Å². The summed E-state index contributed by atoms with van der Waals surface area (Å²) in [5, 5.41) is 8.85. The number of nitrogens with one attached hydrogen (secondary N) is 3. The molecule has 1 fully saturated rings. The van der Waals surface area contributed by atoms with Crippen LogP contribution in [0.3, 0.4) is 0 Å². The second-order valence-corrected chi connectivity index (χ2v) is 7.73. The molecule has 9 nitrogen and oxygen atoms in total. The second kappa shape index (κ2) is 8.62. The molecule has 2 aliphatic rings. The zero-order chi connectivity index (χ0) is 21.9. The van der Waals surface area contributed by atoms with Gasteiger partial charge in [0.05, 0.1) is 0 Å². The summed E-state index contributed by atoms with van der Waals surface area (Å²) in [6, 6.07) is 14.3. The fraction of sp³-hybridized carbons (Fsp3) is 0.261. The molecule has 5 rings (SSSR count). The number of carbonyl (C=O) groups is 1. The molecular formula is C23H24N6O3. The monoisotopic (exact) mass is 432 g/mol. The minimum Gasteiger partial charge on any atom is -0.454 e. The number of nitrogens with zero attached hydrogens (tertiary/aromatic N) is 3. The van der Waals surface area contributed by atoms with Crippen molar-refractivity contribution in [2.75, 3.05) is 40.7 Å². The molecule has 0 aliphatic carbocycles. The number of benzene rings is 2. The van der Waals surface area contributed by atoms with Gasteiger partial charge in [0.15, 0.2) is 11.5 Å². The molecule has 0 spiro atoms. The van der Waals surface area contributed by atoms with E-state index >= 15 is 0 Å². The summed E-state index contributed by atoms with van der Waals surface area (Å²) in [6.45, 7) is 4.23. The molecule has 2 amide bonds. The Balaban J connectivity index is 1.20. The topological polar surface area (TPSA) is 101 Å². The van der Waals surface area contributed by atoms with Crippen LogP contribution in [0.1, 0.15) is 18.5 Å². The van der Waals surface area contributed by atoms with E-state index in [4.69, 9.17) is 9.47 Å². The molecule has 3 N–H and O–H groups in total. The Morgan fingerprint density at radius 2 is 1.56 bits per heavy atom. The fourth-order valence-electron chi connectivity index (χ4n) is 3.75. The zero-order valence-corrected chi connectivity index (χ0v) is 17.7. The lowest BCUT2D eigenvalue weighted by molar-refractivity contribution is 0.174. The number of carbonyl (C=O) groups excluding carboxylic acids is 1. The van der Waals surface area contributed by atoms with Crippen LogP contribution in [-0.2, 0) is 0 Å². The summed E-state index contributed by atoms with van der Waals surface area (Å²) in [7, 11) is 0. The Labute approximate surface area is 185 Å². The molecular weight excluding hydrogens is 408 g/mol. The van der Waals surface area contributed by atoms with Crippen LogP contribution in [0.5, 0.6) is 11.5 Å². The summed E-state index contributed by atoms with van der Waals surface area (Å²) in [6.07, 6.45) is 2.39. The standard InChI is InChI=1S/C23H24N6O3/c1-15-12-21(29-10-2-3-11-29)28-22(24-15)25-16-4-6-17(7-5-16)26-23(30)27-18-8-9-19-20(13-18)32-14-31-19/h4-9,12-13H,2-3,10-11,14H2,1H3,(H,24,25,28)(H2,26,27,30). The highest BCUT2D eigenvalue weighted by Crippen LogP contribution is 2.34. The van der Waals surface area contributed by atoms with Gasteiger partial charge in [-0.2, -0.15) is 4.98 Å². The molecule has 2 aromatic carbocycles. The lowest BCUT2D eigenvalue weighted by atomic mass is 10.2. The first-order chi connectivity index (χ1) is 15.6. The average molecular weight is 432 g/mol.